The van der Waals surface area contributed by atoms with Gasteiger partial charge in [-0.25, -0.2) is 9.97 Å². The number of aromatic nitrogens is 3. The minimum atomic E-state index is -0.545. The zero-order chi connectivity index (χ0) is 17.1. The maximum Gasteiger partial charge on any atom is 0.271 e. The number of carbonyl (C=O) groups is 1. The highest BCUT2D eigenvalue weighted by Gasteiger charge is 2.13. The van der Waals surface area contributed by atoms with Crippen LogP contribution in [0.1, 0.15) is 21.5 Å². The van der Waals surface area contributed by atoms with Crippen LogP contribution >= 0.6 is 11.6 Å². The molecule has 0 radical (unpaired) electrons. The van der Waals surface area contributed by atoms with Gasteiger partial charge in [0.2, 0.25) is 5.78 Å². The third-order valence-electron chi connectivity index (χ3n) is 3.41. The fourth-order valence-electron chi connectivity index (χ4n) is 2.13. The van der Waals surface area contributed by atoms with Gasteiger partial charge in [-0.15, -0.1) is 0 Å². The fourth-order valence-corrected chi connectivity index (χ4v) is 2.26. The second kappa shape index (κ2) is 6.77. The molecule has 3 rings (SSSR count). The van der Waals surface area contributed by atoms with Crippen molar-refractivity contribution in [2.75, 3.05) is 0 Å². The summed E-state index contributed by atoms with van der Waals surface area (Å²) in [4.78, 5) is 32.6. The summed E-state index contributed by atoms with van der Waals surface area (Å²) in [6.45, 7) is -0.00452. The lowest BCUT2D eigenvalue weighted by molar-refractivity contribution is 0.0949. The van der Waals surface area contributed by atoms with E-state index < -0.39 is 11.5 Å². The number of hydrogen-bond acceptors (Lipinski definition) is 5. The minimum absolute atomic E-state index is 0.0987. The highest BCUT2D eigenvalue weighted by Crippen LogP contribution is 2.09. The molecule has 2 heterocycles. The summed E-state index contributed by atoms with van der Waals surface area (Å²) in [5, 5.41) is 12.4. The fraction of sp³-hybridized carbons (Fsp3) is 0.125. The van der Waals surface area contributed by atoms with Crippen LogP contribution in [0.25, 0.3) is 5.78 Å². The van der Waals surface area contributed by atoms with E-state index in [-0.39, 0.29) is 24.5 Å². The molecule has 0 aliphatic heterocycles. The number of rotatable bonds is 4. The molecular weight excluding hydrogens is 332 g/mol. The highest BCUT2D eigenvalue weighted by molar-refractivity contribution is 6.30. The summed E-state index contributed by atoms with van der Waals surface area (Å²) in [7, 11) is 0. The number of nitrogens with zero attached hydrogens (tertiary/aromatic N) is 3. The van der Waals surface area contributed by atoms with E-state index in [4.69, 9.17) is 16.7 Å². The predicted octanol–water partition coefficient (Wildman–Crippen LogP) is 1.17. The Kier molecular flexibility index (Phi) is 4.54. The van der Waals surface area contributed by atoms with Crippen LogP contribution in [0.5, 0.6) is 0 Å². The van der Waals surface area contributed by atoms with Crippen molar-refractivity contribution in [1.82, 2.24) is 19.7 Å². The summed E-state index contributed by atoms with van der Waals surface area (Å²) in [5.74, 6) is -0.377. The van der Waals surface area contributed by atoms with E-state index in [2.05, 4.69) is 15.3 Å². The number of aliphatic hydroxyl groups excluding tert-OH is 1. The van der Waals surface area contributed by atoms with Crippen LogP contribution in [0.15, 0.2) is 47.7 Å². The van der Waals surface area contributed by atoms with Gasteiger partial charge in [0.05, 0.1) is 6.61 Å². The summed E-state index contributed by atoms with van der Waals surface area (Å²) in [5.41, 5.74) is 0.658. The number of hydrogen-bond donors (Lipinski definition) is 2. The summed E-state index contributed by atoms with van der Waals surface area (Å²) < 4.78 is 1.14. The lowest BCUT2D eigenvalue weighted by atomic mass is 10.2. The molecule has 7 nitrogen and oxygen atoms in total. The van der Waals surface area contributed by atoms with Crippen molar-refractivity contribution in [3.63, 3.8) is 0 Å². The van der Waals surface area contributed by atoms with Crippen LogP contribution in [0.4, 0.5) is 0 Å². The predicted molar refractivity (Wildman–Crippen MR) is 87.8 cm³/mol. The van der Waals surface area contributed by atoms with Gasteiger partial charge in [0.1, 0.15) is 5.56 Å². The molecule has 2 N–H and O–H groups in total. The van der Waals surface area contributed by atoms with Crippen molar-refractivity contribution < 1.29 is 9.90 Å². The number of benzene rings is 1. The summed E-state index contributed by atoms with van der Waals surface area (Å²) in [6, 6.07) is 7.01. The van der Waals surface area contributed by atoms with Gasteiger partial charge >= 0.3 is 0 Å². The van der Waals surface area contributed by atoms with Gasteiger partial charge in [0, 0.05) is 35.7 Å². The van der Waals surface area contributed by atoms with Crippen molar-refractivity contribution in [2.24, 2.45) is 0 Å². The average Bonchev–Trinajstić information content (AvgIpc) is 2.61. The standard InChI is InChI=1S/C16H13ClN4O3/c17-12-3-1-10(2-4-12)5-18-14(23)13-7-20-16-19-6-11(9-22)8-21(16)15(13)24/h1-4,6-8,22H,5,9H2,(H,18,23). The van der Waals surface area contributed by atoms with E-state index in [1.165, 1.54) is 18.6 Å². The van der Waals surface area contributed by atoms with Crippen LogP contribution in [-0.2, 0) is 13.2 Å². The minimum Gasteiger partial charge on any atom is -0.392 e. The van der Waals surface area contributed by atoms with Gasteiger partial charge in [0.25, 0.3) is 11.5 Å². The second-order valence-electron chi connectivity index (χ2n) is 5.08. The lowest BCUT2D eigenvalue weighted by Gasteiger charge is -2.07. The number of carbonyl (C=O) groups excluding carboxylic acids is 1. The zero-order valence-electron chi connectivity index (χ0n) is 12.4. The van der Waals surface area contributed by atoms with E-state index in [0.717, 1.165) is 9.96 Å². The largest absolute Gasteiger partial charge is 0.392 e. The number of halogens is 1. The maximum atomic E-state index is 12.4. The molecule has 0 atom stereocenters. The van der Waals surface area contributed by atoms with Crippen LogP contribution < -0.4 is 10.9 Å². The second-order valence-corrected chi connectivity index (χ2v) is 5.51. The lowest BCUT2D eigenvalue weighted by Crippen LogP contribution is -2.31. The van der Waals surface area contributed by atoms with Crippen LogP contribution in [0.2, 0.25) is 5.02 Å². The van der Waals surface area contributed by atoms with E-state index >= 15 is 0 Å². The molecule has 8 heteroatoms. The molecule has 0 unspecified atom stereocenters. The van der Waals surface area contributed by atoms with Crippen LogP contribution in [-0.4, -0.2) is 25.4 Å². The topological polar surface area (TPSA) is 96.6 Å². The first-order valence-electron chi connectivity index (χ1n) is 7.08. The Morgan fingerprint density at radius 3 is 2.58 bits per heavy atom. The summed E-state index contributed by atoms with van der Waals surface area (Å²) in [6.07, 6.45) is 4.02. The SMILES string of the molecule is O=C(NCc1ccc(Cl)cc1)c1cnc2ncc(CO)cn2c1=O. The molecular formula is C16H13ClN4O3. The maximum absolute atomic E-state index is 12.4. The van der Waals surface area contributed by atoms with Crippen molar-refractivity contribution in [2.45, 2.75) is 13.2 Å². The van der Waals surface area contributed by atoms with Gasteiger partial charge in [-0.1, -0.05) is 23.7 Å². The Balaban J connectivity index is 1.85. The van der Waals surface area contributed by atoms with Gasteiger partial charge in [-0.05, 0) is 17.7 Å². The quantitative estimate of drug-likeness (QED) is 0.740. The molecule has 0 fully saturated rings. The Morgan fingerprint density at radius 2 is 1.88 bits per heavy atom. The Labute approximate surface area is 141 Å². The smallest absolute Gasteiger partial charge is 0.271 e. The Morgan fingerprint density at radius 1 is 1.17 bits per heavy atom. The molecule has 3 aromatic rings. The van der Waals surface area contributed by atoms with Crippen molar-refractivity contribution >= 4 is 23.3 Å². The first kappa shape index (κ1) is 16.1. The van der Waals surface area contributed by atoms with Gasteiger partial charge < -0.3 is 10.4 Å². The molecule has 122 valence electrons. The summed E-state index contributed by atoms with van der Waals surface area (Å²) >= 11 is 5.81. The molecule has 24 heavy (non-hydrogen) atoms. The highest BCUT2D eigenvalue weighted by atomic mass is 35.5. The number of amides is 1. The van der Waals surface area contributed by atoms with Crippen LogP contribution in [0, 0.1) is 0 Å². The molecule has 0 spiro atoms. The number of fused-ring (bicyclic) bond motifs is 1. The first-order chi connectivity index (χ1) is 11.6. The Hall–Kier alpha value is -2.77. The number of nitrogens with one attached hydrogen (secondary N) is 1. The van der Waals surface area contributed by atoms with Crippen molar-refractivity contribution in [3.05, 3.63) is 74.9 Å². The average molecular weight is 345 g/mol. The van der Waals surface area contributed by atoms with Gasteiger partial charge in [-0.2, -0.15) is 0 Å². The zero-order valence-corrected chi connectivity index (χ0v) is 13.2. The van der Waals surface area contributed by atoms with Gasteiger partial charge in [0.15, 0.2) is 0 Å². The molecule has 0 aliphatic carbocycles. The molecule has 0 saturated carbocycles. The molecule has 0 aliphatic rings. The molecule has 0 saturated heterocycles. The van der Waals surface area contributed by atoms with Gasteiger partial charge in [-0.3, -0.25) is 14.0 Å². The monoisotopic (exact) mass is 344 g/mol. The molecule has 2 aromatic heterocycles. The third kappa shape index (κ3) is 3.27. The number of aliphatic hydroxyl groups is 1. The van der Waals surface area contributed by atoms with Crippen molar-refractivity contribution in [1.29, 1.82) is 0 Å². The van der Waals surface area contributed by atoms with E-state index in [1.807, 2.05) is 0 Å². The van der Waals surface area contributed by atoms with Crippen LogP contribution in [0.3, 0.4) is 0 Å². The normalized spacial score (nSPS) is 10.8. The Bertz CT molecular complexity index is 954. The third-order valence-corrected chi connectivity index (χ3v) is 3.66. The van der Waals surface area contributed by atoms with Crippen molar-refractivity contribution in [3.8, 4) is 0 Å². The van der Waals surface area contributed by atoms with E-state index in [1.54, 1.807) is 24.3 Å². The molecule has 1 aromatic carbocycles. The van der Waals surface area contributed by atoms with E-state index in [9.17, 15) is 9.59 Å². The van der Waals surface area contributed by atoms with E-state index in [0.29, 0.717) is 10.6 Å². The first-order valence-corrected chi connectivity index (χ1v) is 7.46. The molecule has 1 amide bonds. The molecule has 0 bridgehead atoms.